The van der Waals surface area contributed by atoms with Crippen LogP contribution in [0.3, 0.4) is 0 Å². The lowest BCUT2D eigenvalue weighted by Crippen LogP contribution is -2.24. The number of hydrogen-bond acceptors (Lipinski definition) is 5. The van der Waals surface area contributed by atoms with Crippen LogP contribution in [0.15, 0.2) is 42.5 Å². The molecule has 0 radical (unpaired) electrons. The SMILES string of the molecule is [2H]C1([2H])COc2c(-c3ccc(C(C)C)cc3)cc(NCC(=C)C(=O)NO)c(C#N)c21. The third-order valence-corrected chi connectivity index (χ3v) is 4.66. The monoisotopic (exact) mass is 379 g/mol. The lowest BCUT2D eigenvalue weighted by Gasteiger charge is -2.16. The lowest BCUT2D eigenvalue weighted by atomic mass is 9.94. The number of nitrogens with one attached hydrogen (secondary N) is 2. The summed E-state index contributed by atoms with van der Waals surface area (Å²) in [5, 5.41) is 21.5. The molecule has 6 heteroatoms. The van der Waals surface area contributed by atoms with Gasteiger partial charge in [0.25, 0.3) is 5.91 Å². The van der Waals surface area contributed by atoms with Gasteiger partial charge in [-0.15, -0.1) is 0 Å². The fourth-order valence-corrected chi connectivity index (χ4v) is 3.04. The van der Waals surface area contributed by atoms with Crippen LogP contribution in [0.4, 0.5) is 5.69 Å². The Labute approximate surface area is 167 Å². The molecule has 3 rings (SSSR count). The number of ether oxygens (including phenoxy) is 1. The second kappa shape index (κ2) is 8.15. The summed E-state index contributed by atoms with van der Waals surface area (Å²) in [5.74, 6) is -0.0197. The second-order valence-electron chi connectivity index (χ2n) is 6.80. The predicted molar refractivity (Wildman–Crippen MR) is 107 cm³/mol. The van der Waals surface area contributed by atoms with E-state index in [2.05, 4.69) is 31.8 Å². The van der Waals surface area contributed by atoms with E-state index in [1.807, 2.05) is 24.3 Å². The summed E-state index contributed by atoms with van der Waals surface area (Å²) in [6.07, 6.45) is -1.83. The van der Waals surface area contributed by atoms with E-state index in [1.165, 1.54) is 11.0 Å². The maximum atomic E-state index is 11.5. The molecule has 1 heterocycles. The summed E-state index contributed by atoms with van der Waals surface area (Å²) < 4.78 is 22.3. The number of hydroxylamine groups is 1. The van der Waals surface area contributed by atoms with Crippen LogP contribution in [-0.4, -0.2) is 24.3 Å². The Morgan fingerprint density at radius 1 is 1.43 bits per heavy atom. The summed E-state index contributed by atoms with van der Waals surface area (Å²) >= 11 is 0. The zero-order valence-electron chi connectivity index (χ0n) is 17.8. The number of nitrogens with zero attached hydrogens (tertiary/aromatic N) is 1. The van der Waals surface area contributed by atoms with Gasteiger partial charge in [-0.1, -0.05) is 44.7 Å². The molecule has 1 aliphatic heterocycles. The number of carbonyl (C=O) groups is 1. The standard InChI is InChI=1S/C22H23N3O3/c1-13(2)15-4-6-16(7-5-15)18-10-20(24-12-14(3)22(26)25-27)19(11-23)17-8-9-28-21(17)18/h4-7,10,13,24,27H,3,8-9,12H2,1-2H3,(H,25,26)/i8D2. The van der Waals surface area contributed by atoms with Gasteiger partial charge in [0.1, 0.15) is 11.8 Å². The second-order valence-corrected chi connectivity index (χ2v) is 6.80. The van der Waals surface area contributed by atoms with Gasteiger partial charge in [0.2, 0.25) is 0 Å². The average molecular weight is 379 g/mol. The first-order chi connectivity index (χ1) is 14.2. The van der Waals surface area contributed by atoms with Gasteiger partial charge in [0.05, 0.1) is 17.9 Å². The summed E-state index contributed by atoms with van der Waals surface area (Å²) in [5.41, 5.74) is 4.89. The summed E-state index contributed by atoms with van der Waals surface area (Å²) in [6, 6.07) is 11.7. The maximum Gasteiger partial charge on any atom is 0.271 e. The maximum absolute atomic E-state index is 11.5. The third-order valence-electron chi connectivity index (χ3n) is 4.66. The first kappa shape index (κ1) is 16.8. The lowest BCUT2D eigenvalue weighted by molar-refractivity contribution is -0.125. The van der Waals surface area contributed by atoms with Crippen LogP contribution >= 0.6 is 0 Å². The van der Waals surface area contributed by atoms with Gasteiger partial charge in [0.15, 0.2) is 0 Å². The van der Waals surface area contributed by atoms with Crippen LogP contribution in [-0.2, 0) is 11.2 Å². The van der Waals surface area contributed by atoms with Gasteiger partial charge in [-0.2, -0.15) is 5.26 Å². The van der Waals surface area contributed by atoms with Crippen molar-refractivity contribution in [1.82, 2.24) is 5.48 Å². The highest BCUT2D eigenvalue weighted by molar-refractivity contribution is 5.93. The number of rotatable bonds is 6. The van der Waals surface area contributed by atoms with Gasteiger partial charge in [-0.3, -0.25) is 10.0 Å². The fraction of sp³-hybridized carbons (Fsp3) is 0.273. The number of benzene rings is 2. The molecule has 2 aromatic carbocycles. The van der Waals surface area contributed by atoms with Crippen molar-refractivity contribution in [2.75, 3.05) is 18.5 Å². The molecule has 0 saturated carbocycles. The smallest absolute Gasteiger partial charge is 0.271 e. The largest absolute Gasteiger partial charge is 0.492 e. The van der Waals surface area contributed by atoms with Crippen molar-refractivity contribution < 1.29 is 17.5 Å². The fourth-order valence-electron chi connectivity index (χ4n) is 3.04. The number of anilines is 1. The molecular weight excluding hydrogens is 354 g/mol. The molecule has 144 valence electrons. The van der Waals surface area contributed by atoms with Crippen molar-refractivity contribution in [3.8, 4) is 22.9 Å². The van der Waals surface area contributed by atoms with Crippen molar-refractivity contribution in [2.24, 2.45) is 0 Å². The molecule has 1 amide bonds. The molecule has 3 N–H and O–H groups in total. The van der Waals surface area contributed by atoms with E-state index in [9.17, 15) is 10.1 Å². The molecule has 0 unspecified atom stereocenters. The number of carbonyl (C=O) groups excluding carboxylic acids is 1. The van der Waals surface area contributed by atoms with Gasteiger partial charge < -0.3 is 10.1 Å². The van der Waals surface area contributed by atoms with Crippen LogP contribution in [0.25, 0.3) is 11.1 Å². The highest BCUT2D eigenvalue weighted by Crippen LogP contribution is 2.42. The van der Waals surface area contributed by atoms with Crippen LogP contribution in [0.1, 0.15) is 39.2 Å². The molecule has 2 aromatic rings. The van der Waals surface area contributed by atoms with E-state index in [4.69, 9.17) is 12.7 Å². The first-order valence-corrected chi connectivity index (χ1v) is 8.90. The van der Waals surface area contributed by atoms with E-state index in [-0.39, 0.29) is 29.9 Å². The van der Waals surface area contributed by atoms with Crippen LogP contribution in [0.5, 0.6) is 5.75 Å². The molecule has 1 aliphatic rings. The summed E-state index contributed by atoms with van der Waals surface area (Å²) in [4.78, 5) is 11.5. The van der Waals surface area contributed by atoms with Crippen molar-refractivity contribution in [2.45, 2.75) is 26.1 Å². The zero-order valence-corrected chi connectivity index (χ0v) is 15.8. The predicted octanol–water partition coefficient (Wildman–Crippen LogP) is 3.76. The minimum Gasteiger partial charge on any atom is -0.492 e. The molecule has 0 spiro atoms. The third kappa shape index (κ3) is 3.71. The Bertz CT molecular complexity index is 1040. The van der Waals surface area contributed by atoms with E-state index >= 15 is 0 Å². The quantitative estimate of drug-likeness (QED) is 0.404. The van der Waals surface area contributed by atoms with Gasteiger partial charge in [-0.25, -0.2) is 5.48 Å². The molecule has 28 heavy (non-hydrogen) atoms. The van der Waals surface area contributed by atoms with E-state index in [0.29, 0.717) is 22.9 Å². The Kier molecular flexibility index (Phi) is 4.91. The molecule has 0 aromatic heterocycles. The molecule has 0 fully saturated rings. The van der Waals surface area contributed by atoms with Crippen LogP contribution in [0.2, 0.25) is 0 Å². The van der Waals surface area contributed by atoms with Crippen molar-refractivity contribution in [3.63, 3.8) is 0 Å². The molecule has 0 bridgehead atoms. The summed E-state index contributed by atoms with van der Waals surface area (Å²) in [7, 11) is 0. The van der Waals surface area contributed by atoms with Gasteiger partial charge in [0, 0.05) is 32.4 Å². The van der Waals surface area contributed by atoms with Gasteiger partial charge >= 0.3 is 0 Å². The van der Waals surface area contributed by atoms with E-state index in [0.717, 1.165) is 5.56 Å². The molecule has 0 saturated heterocycles. The Morgan fingerprint density at radius 2 is 2.14 bits per heavy atom. The van der Waals surface area contributed by atoms with Crippen LogP contribution in [0, 0.1) is 11.3 Å². The number of amides is 1. The number of fused-ring (bicyclic) bond motifs is 1. The topological polar surface area (TPSA) is 94.4 Å². The normalized spacial score (nSPS) is 15.0. The van der Waals surface area contributed by atoms with Crippen molar-refractivity contribution >= 4 is 11.6 Å². The summed E-state index contributed by atoms with van der Waals surface area (Å²) in [6.45, 7) is 7.57. The van der Waals surface area contributed by atoms with Crippen molar-refractivity contribution in [3.05, 3.63) is 59.2 Å². The highest BCUT2D eigenvalue weighted by Gasteiger charge is 2.24. The Hall–Kier alpha value is -3.30. The molecular formula is C22H23N3O3. The van der Waals surface area contributed by atoms with E-state index < -0.39 is 12.3 Å². The first-order valence-electron chi connectivity index (χ1n) is 9.90. The zero-order chi connectivity index (χ0) is 22.1. The Balaban J connectivity index is 2.11. The molecule has 0 atom stereocenters. The highest BCUT2D eigenvalue weighted by atomic mass is 16.5. The minimum absolute atomic E-state index is 0.0323. The van der Waals surface area contributed by atoms with Crippen molar-refractivity contribution in [1.29, 1.82) is 5.26 Å². The van der Waals surface area contributed by atoms with Gasteiger partial charge in [-0.05, 0) is 23.1 Å². The van der Waals surface area contributed by atoms with E-state index in [1.54, 1.807) is 6.07 Å². The molecule has 0 aliphatic carbocycles. The number of hydrogen-bond donors (Lipinski definition) is 3. The average Bonchev–Trinajstić information content (AvgIpc) is 3.06. The minimum atomic E-state index is -1.83. The molecule has 6 nitrogen and oxygen atoms in total. The number of nitriles is 1. The Morgan fingerprint density at radius 3 is 2.75 bits per heavy atom. The van der Waals surface area contributed by atoms with Crippen LogP contribution < -0.4 is 15.5 Å².